The first kappa shape index (κ1) is 26.8. The average Bonchev–Trinajstić information content (AvgIpc) is 2.81. The lowest BCUT2D eigenvalue weighted by molar-refractivity contribution is -0.276. The summed E-state index contributed by atoms with van der Waals surface area (Å²) in [5.74, 6) is -4.88. The van der Waals surface area contributed by atoms with Crippen LogP contribution < -0.4 is 4.74 Å². The number of rotatable bonds is 6. The van der Waals surface area contributed by atoms with Gasteiger partial charge in [-0.15, -0.1) is 13.2 Å². The lowest BCUT2D eigenvalue weighted by atomic mass is 9.68. The van der Waals surface area contributed by atoms with Crippen LogP contribution in [0.15, 0.2) is 24.3 Å². The summed E-state index contributed by atoms with van der Waals surface area (Å²) in [4.78, 5) is 0. The molecule has 0 N–H and O–H groups in total. The first-order chi connectivity index (χ1) is 17.1. The molecule has 0 amide bonds. The second kappa shape index (κ2) is 11.0. The summed E-state index contributed by atoms with van der Waals surface area (Å²) >= 11 is 0. The Morgan fingerprint density at radius 2 is 1.22 bits per heavy atom. The van der Waals surface area contributed by atoms with Crippen molar-refractivity contribution in [3.05, 3.63) is 53.1 Å². The van der Waals surface area contributed by atoms with Crippen LogP contribution in [0.5, 0.6) is 5.75 Å². The molecule has 0 atom stereocenters. The number of hydrogen-bond donors (Lipinski definition) is 0. The predicted molar refractivity (Wildman–Crippen MR) is 123 cm³/mol. The van der Waals surface area contributed by atoms with Crippen molar-refractivity contribution in [1.29, 1.82) is 0 Å². The molecule has 0 spiro atoms. The van der Waals surface area contributed by atoms with Gasteiger partial charge in [-0.05, 0) is 97.6 Å². The summed E-state index contributed by atoms with van der Waals surface area (Å²) in [7, 11) is 0. The van der Waals surface area contributed by atoms with E-state index in [0.29, 0.717) is 23.6 Å². The summed E-state index contributed by atoms with van der Waals surface area (Å²) in [6.45, 7) is 2.23. The Morgan fingerprint density at radius 1 is 0.722 bits per heavy atom. The molecule has 1 nitrogen and oxygen atoms in total. The van der Waals surface area contributed by atoms with Gasteiger partial charge in [0.05, 0.1) is 5.56 Å². The zero-order valence-corrected chi connectivity index (χ0v) is 20.2. The van der Waals surface area contributed by atoms with E-state index in [2.05, 4.69) is 11.7 Å². The lowest BCUT2D eigenvalue weighted by Crippen LogP contribution is -2.25. The standard InChI is InChI=1S/C28H31F7O/c1-2-3-16-4-6-17(7-5-16)18-8-10-19(11-9-18)20-12-22(29)26(23(30)13-20)21-14-24(31)27(25(32)15-21)36-28(33,34)35/h12-19H,2-11H2,1H3. The minimum atomic E-state index is -5.31. The van der Waals surface area contributed by atoms with Crippen molar-refractivity contribution < 1.29 is 35.5 Å². The molecule has 0 aliphatic heterocycles. The molecule has 8 heteroatoms. The van der Waals surface area contributed by atoms with Gasteiger partial charge in [-0.1, -0.05) is 32.6 Å². The highest BCUT2D eigenvalue weighted by molar-refractivity contribution is 5.66. The van der Waals surface area contributed by atoms with Crippen LogP contribution in [0.25, 0.3) is 11.1 Å². The van der Waals surface area contributed by atoms with E-state index in [1.807, 2.05) is 0 Å². The Hall–Kier alpha value is -2.25. The molecule has 0 saturated heterocycles. The van der Waals surface area contributed by atoms with Crippen LogP contribution in [0.3, 0.4) is 0 Å². The summed E-state index contributed by atoms with van der Waals surface area (Å²) in [6, 6.07) is 3.22. The second-order valence-electron chi connectivity index (χ2n) is 10.4. The van der Waals surface area contributed by atoms with Crippen molar-refractivity contribution >= 4 is 0 Å². The number of ether oxygens (including phenoxy) is 1. The number of alkyl halides is 3. The van der Waals surface area contributed by atoms with Crippen LogP contribution in [0.1, 0.15) is 82.6 Å². The Labute approximate surface area is 207 Å². The Morgan fingerprint density at radius 3 is 1.69 bits per heavy atom. The van der Waals surface area contributed by atoms with Crippen LogP contribution >= 0.6 is 0 Å². The number of benzene rings is 2. The largest absolute Gasteiger partial charge is 0.573 e. The quantitative estimate of drug-likeness (QED) is 0.347. The van der Waals surface area contributed by atoms with Crippen LogP contribution in [-0.2, 0) is 0 Å². The minimum Gasteiger partial charge on any atom is -0.399 e. The van der Waals surface area contributed by atoms with E-state index in [-0.39, 0.29) is 5.92 Å². The summed E-state index contributed by atoms with van der Waals surface area (Å²) in [6.07, 6.45) is 6.00. The van der Waals surface area contributed by atoms with Gasteiger partial charge in [0, 0.05) is 0 Å². The molecular formula is C28H31F7O. The molecule has 2 aromatic carbocycles. The number of halogens is 7. The van der Waals surface area contributed by atoms with E-state index in [1.54, 1.807) is 0 Å². The molecule has 2 aromatic rings. The topological polar surface area (TPSA) is 9.23 Å². The fourth-order valence-corrected chi connectivity index (χ4v) is 6.30. The van der Waals surface area contributed by atoms with E-state index in [0.717, 1.165) is 37.5 Å². The van der Waals surface area contributed by atoms with E-state index < -0.39 is 46.5 Å². The summed E-state index contributed by atoms with van der Waals surface area (Å²) in [5.41, 5.74) is -0.729. The van der Waals surface area contributed by atoms with E-state index in [1.165, 1.54) is 50.7 Å². The first-order valence-electron chi connectivity index (χ1n) is 12.8. The van der Waals surface area contributed by atoms with Crippen molar-refractivity contribution in [3.63, 3.8) is 0 Å². The molecule has 0 heterocycles. The summed E-state index contributed by atoms with van der Waals surface area (Å²) in [5, 5.41) is 0. The molecule has 0 bridgehead atoms. The van der Waals surface area contributed by atoms with Crippen molar-refractivity contribution in [1.82, 2.24) is 0 Å². The SMILES string of the molecule is CCCC1CCC(C2CCC(c3cc(F)c(-c4cc(F)c(OC(F)(F)F)c(F)c4)c(F)c3)CC2)CC1. The minimum absolute atomic E-state index is 0.00763. The van der Waals surface area contributed by atoms with Crippen LogP contribution in [-0.4, -0.2) is 6.36 Å². The molecule has 198 valence electrons. The van der Waals surface area contributed by atoms with Gasteiger partial charge >= 0.3 is 6.36 Å². The third kappa shape index (κ3) is 6.17. The molecule has 2 saturated carbocycles. The summed E-state index contributed by atoms with van der Waals surface area (Å²) < 4.78 is 98.6. The predicted octanol–water partition coefficient (Wildman–Crippen LogP) is 9.69. The van der Waals surface area contributed by atoms with Crippen LogP contribution in [0.2, 0.25) is 0 Å². The monoisotopic (exact) mass is 516 g/mol. The van der Waals surface area contributed by atoms with Crippen LogP contribution in [0, 0.1) is 41.0 Å². The molecular weight excluding hydrogens is 485 g/mol. The fraction of sp³-hybridized carbons (Fsp3) is 0.571. The zero-order chi connectivity index (χ0) is 26.0. The maximum absolute atomic E-state index is 15.0. The normalized spacial score (nSPS) is 25.1. The van der Waals surface area contributed by atoms with Gasteiger partial charge < -0.3 is 4.74 Å². The third-order valence-electron chi connectivity index (χ3n) is 8.07. The molecule has 2 aliphatic carbocycles. The van der Waals surface area contributed by atoms with Gasteiger partial charge in [-0.25, -0.2) is 17.6 Å². The molecule has 0 unspecified atom stereocenters. The molecule has 36 heavy (non-hydrogen) atoms. The van der Waals surface area contributed by atoms with Gasteiger partial charge in [-0.3, -0.25) is 0 Å². The highest BCUT2D eigenvalue weighted by Gasteiger charge is 2.35. The van der Waals surface area contributed by atoms with Gasteiger partial charge in [0.1, 0.15) is 11.6 Å². The molecule has 0 aromatic heterocycles. The zero-order valence-electron chi connectivity index (χ0n) is 20.2. The second-order valence-corrected chi connectivity index (χ2v) is 10.4. The fourth-order valence-electron chi connectivity index (χ4n) is 6.30. The highest BCUT2D eigenvalue weighted by atomic mass is 19.4. The van der Waals surface area contributed by atoms with Gasteiger partial charge in [0.25, 0.3) is 0 Å². The third-order valence-corrected chi connectivity index (χ3v) is 8.07. The van der Waals surface area contributed by atoms with E-state index in [4.69, 9.17) is 0 Å². The molecule has 2 aliphatic rings. The molecule has 2 fully saturated rings. The lowest BCUT2D eigenvalue weighted by Gasteiger charge is -2.38. The Bertz CT molecular complexity index is 1000. The number of hydrogen-bond acceptors (Lipinski definition) is 1. The Balaban J connectivity index is 1.44. The van der Waals surface area contributed by atoms with Gasteiger partial charge in [-0.2, -0.15) is 0 Å². The Kier molecular flexibility index (Phi) is 8.20. The maximum Gasteiger partial charge on any atom is 0.573 e. The van der Waals surface area contributed by atoms with E-state index in [9.17, 15) is 30.7 Å². The average molecular weight is 517 g/mol. The molecule has 0 radical (unpaired) electrons. The van der Waals surface area contributed by atoms with Crippen molar-refractivity contribution in [3.8, 4) is 16.9 Å². The maximum atomic E-state index is 15.0. The van der Waals surface area contributed by atoms with Crippen LogP contribution in [0.4, 0.5) is 30.7 Å². The van der Waals surface area contributed by atoms with Crippen molar-refractivity contribution in [2.45, 2.75) is 83.4 Å². The first-order valence-corrected chi connectivity index (χ1v) is 12.8. The van der Waals surface area contributed by atoms with Gasteiger partial charge in [0.2, 0.25) is 5.75 Å². The van der Waals surface area contributed by atoms with Crippen molar-refractivity contribution in [2.24, 2.45) is 17.8 Å². The van der Waals surface area contributed by atoms with E-state index >= 15 is 0 Å². The van der Waals surface area contributed by atoms with Crippen molar-refractivity contribution in [2.75, 3.05) is 0 Å². The highest BCUT2D eigenvalue weighted by Crippen LogP contribution is 2.45. The smallest absolute Gasteiger partial charge is 0.399 e. The van der Waals surface area contributed by atoms with Gasteiger partial charge in [0.15, 0.2) is 11.6 Å². The molecule has 4 rings (SSSR count).